The van der Waals surface area contributed by atoms with Gasteiger partial charge in [0.15, 0.2) is 6.61 Å². The number of carbonyl (C=O) groups excluding carboxylic acids is 1. The zero-order valence-corrected chi connectivity index (χ0v) is 12.1. The minimum atomic E-state index is -3.94. The molecule has 3 N–H and O–H groups in total. The summed E-state index contributed by atoms with van der Waals surface area (Å²) in [6.07, 6.45) is 4.98. The van der Waals surface area contributed by atoms with Crippen LogP contribution < -0.4 is 15.2 Å². The van der Waals surface area contributed by atoms with Gasteiger partial charge in [-0.1, -0.05) is 21.9 Å². The number of halogens is 1. The standard InChI is InChI=1S/C11H11BrN2O4S/c1-2-5-14-11(15)7-18-9-4-3-8(12)6-10(9)19(13,16)17/h1,3-4,6H,5,7H2,(H,14,15)(H2,13,16,17). The number of rotatable bonds is 5. The molecule has 0 aliphatic carbocycles. The second-order valence-corrected chi connectivity index (χ2v) is 5.85. The summed E-state index contributed by atoms with van der Waals surface area (Å²) in [5.41, 5.74) is 0. The molecule has 0 unspecified atom stereocenters. The van der Waals surface area contributed by atoms with E-state index < -0.39 is 15.9 Å². The van der Waals surface area contributed by atoms with Crippen molar-refractivity contribution in [1.82, 2.24) is 5.32 Å². The Hall–Kier alpha value is -1.56. The average Bonchev–Trinajstić information content (AvgIpc) is 2.33. The Morgan fingerprint density at radius 2 is 2.21 bits per heavy atom. The molecular formula is C11H11BrN2O4S. The third-order valence-corrected chi connectivity index (χ3v) is 3.38. The van der Waals surface area contributed by atoms with Gasteiger partial charge in [0.25, 0.3) is 5.91 Å². The van der Waals surface area contributed by atoms with Gasteiger partial charge in [-0.15, -0.1) is 6.42 Å². The van der Waals surface area contributed by atoms with Crippen LogP contribution in [-0.4, -0.2) is 27.5 Å². The van der Waals surface area contributed by atoms with Gasteiger partial charge in [-0.3, -0.25) is 4.79 Å². The van der Waals surface area contributed by atoms with Crippen LogP contribution in [0.1, 0.15) is 0 Å². The van der Waals surface area contributed by atoms with Crippen LogP contribution in [0.25, 0.3) is 0 Å². The van der Waals surface area contributed by atoms with E-state index in [0.29, 0.717) is 4.47 Å². The molecule has 0 spiro atoms. The lowest BCUT2D eigenvalue weighted by Crippen LogP contribution is -2.29. The summed E-state index contributed by atoms with van der Waals surface area (Å²) >= 11 is 3.13. The summed E-state index contributed by atoms with van der Waals surface area (Å²) < 4.78 is 28.4. The molecule has 0 fully saturated rings. The van der Waals surface area contributed by atoms with Gasteiger partial charge in [0.1, 0.15) is 10.6 Å². The molecular weight excluding hydrogens is 336 g/mol. The molecule has 1 aromatic carbocycles. The first-order valence-electron chi connectivity index (χ1n) is 5.00. The quantitative estimate of drug-likeness (QED) is 0.745. The minimum Gasteiger partial charge on any atom is -0.482 e. The Kier molecular flexibility index (Phi) is 5.35. The fraction of sp³-hybridized carbons (Fsp3) is 0.182. The van der Waals surface area contributed by atoms with E-state index in [-0.39, 0.29) is 23.8 Å². The summed E-state index contributed by atoms with van der Waals surface area (Å²) in [7, 11) is -3.94. The second-order valence-electron chi connectivity index (χ2n) is 3.41. The van der Waals surface area contributed by atoms with Crippen LogP contribution in [0.2, 0.25) is 0 Å². The highest BCUT2D eigenvalue weighted by Gasteiger charge is 2.16. The molecule has 8 heteroatoms. The van der Waals surface area contributed by atoms with E-state index in [1.807, 2.05) is 0 Å². The van der Waals surface area contributed by atoms with Crippen LogP contribution in [0.15, 0.2) is 27.6 Å². The fourth-order valence-electron chi connectivity index (χ4n) is 1.17. The van der Waals surface area contributed by atoms with Crippen LogP contribution in [0.3, 0.4) is 0 Å². The summed E-state index contributed by atoms with van der Waals surface area (Å²) in [4.78, 5) is 11.1. The number of carbonyl (C=O) groups is 1. The lowest BCUT2D eigenvalue weighted by atomic mass is 10.3. The zero-order valence-electron chi connectivity index (χ0n) is 9.72. The molecule has 0 bridgehead atoms. The SMILES string of the molecule is C#CCNC(=O)COc1ccc(Br)cc1S(N)(=O)=O. The molecule has 6 nitrogen and oxygen atoms in total. The van der Waals surface area contributed by atoms with Crippen LogP contribution in [0, 0.1) is 12.3 Å². The summed E-state index contributed by atoms with van der Waals surface area (Å²) in [6.45, 7) is -0.281. The van der Waals surface area contributed by atoms with Gasteiger partial charge in [-0.2, -0.15) is 0 Å². The normalized spacial score (nSPS) is 10.6. The fourth-order valence-corrected chi connectivity index (χ4v) is 2.38. The van der Waals surface area contributed by atoms with Crippen molar-refractivity contribution in [3.05, 3.63) is 22.7 Å². The first-order valence-corrected chi connectivity index (χ1v) is 7.34. The van der Waals surface area contributed by atoms with Crippen molar-refractivity contribution in [3.63, 3.8) is 0 Å². The van der Waals surface area contributed by atoms with Gasteiger partial charge in [-0.05, 0) is 18.2 Å². The van der Waals surface area contributed by atoms with Crippen molar-refractivity contribution < 1.29 is 17.9 Å². The monoisotopic (exact) mass is 346 g/mol. The van der Waals surface area contributed by atoms with E-state index in [0.717, 1.165) is 0 Å². The smallest absolute Gasteiger partial charge is 0.258 e. The summed E-state index contributed by atoms with van der Waals surface area (Å²) in [5.74, 6) is 1.77. The maximum absolute atomic E-state index is 11.4. The number of terminal acetylenes is 1. The predicted molar refractivity (Wildman–Crippen MR) is 72.9 cm³/mol. The number of primary sulfonamides is 1. The molecule has 0 saturated carbocycles. The zero-order chi connectivity index (χ0) is 14.5. The highest BCUT2D eigenvalue weighted by atomic mass is 79.9. The van der Waals surface area contributed by atoms with Crippen molar-refractivity contribution in [2.24, 2.45) is 5.14 Å². The highest BCUT2D eigenvalue weighted by molar-refractivity contribution is 9.10. The van der Waals surface area contributed by atoms with Crippen LogP contribution in [0.4, 0.5) is 0 Å². The van der Waals surface area contributed by atoms with Gasteiger partial charge < -0.3 is 10.1 Å². The lowest BCUT2D eigenvalue weighted by Gasteiger charge is -2.10. The Labute approximate surface area is 119 Å². The molecule has 1 rings (SSSR count). The minimum absolute atomic E-state index is 0.00144. The molecule has 0 radical (unpaired) electrons. The van der Waals surface area contributed by atoms with Gasteiger partial charge in [0.2, 0.25) is 10.0 Å². The summed E-state index contributed by atoms with van der Waals surface area (Å²) in [6, 6.07) is 4.27. The summed E-state index contributed by atoms with van der Waals surface area (Å²) in [5, 5.41) is 7.44. The molecule has 0 saturated heterocycles. The molecule has 1 aromatic rings. The van der Waals surface area contributed by atoms with Crippen molar-refractivity contribution in [2.75, 3.05) is 13.2 Å². The first-order chi connectivity index (χ1) is 8.84. The van der Waals surface area contributed by atoms with Crippen LogP contribution in [0.5, 0.6) is 5.75 Å². The number of benzene rings is 1. The first kappa shape index (κ1) is 15.5. The van der Waals surface area contributed by atoms with E-state index in [9.17, 15) is 13.2 Å². The van der Waals surface area contributed by atoms with Gasteiger partial charge >= 0.3 is 0 Å². The largest absolute Gasteiger partial charge is 0.482 e. The third-order valence-electron chi connectivity index (χ3n) is 1.96. The molecule has 0 atom stereocenters. The van der Waals surface area contributed by atoms with Gasteiger partial charge in [0, 0.05) is 4.47 Å². The molecule has 0 heterocycles. The molecule has 0 aliphatic heterocycles. The van der Waals surface area contributed by atoms with Crippen LogP contribution in [-0.2, 0) is 14.8 Å². The Balaban J connectivity index is 2.85. The number of nitrogens with one attached hydrogen (secondary N) is 1. The van der Waals surface area contributed by atoms with Crippen molar-refractivity contribution in [1.29, 1.82) is 0 Å². The number of nitrogens with two attached hydrogens (primary N) is 1. The van der Waals surface area contributed by atoms with E-state index in [1.54, 1.807) is 6.07 Å². The third kappa shape index (κ3) is 4.90. The van der Waals surface area contributed by atoms with Crippen molar-refractivity contribution >= 4 is 31.9 Å². The highest BCUT2D eigenvalue weighted by Crippen LogP contribution is 2.26. The molecule has 0 aliphatic rings. The average molecular weight is 347 g/mol. The van der Waals surface area contributed by atoms with E-state index in [1.165, 1.54) is 12.1 Å². The van der Waals surface area contributed by atoms with Gasteiger partial charge in [-0.25, -0.2) is 13.6 Å². The van der Waals surface area contributed by atoms with E-state index in [4.69, 9.17) is 16.3 Å². The topological polar surface area (TPSA) is 98.5 Å². The van der Waals surface area contributed by atoms with Crippen molar-refractivity contribution in [2.45, 2.75) is 4.90 Å². The number of hydrogen-bond donors (Lipinski definition) is 2. The maximum atomic E-state index is 11.4. The molecule has 1 amide bonds. The second kappa shape index (κ2) is 6.56. The number of amides is 1. The number of ether oxygens (including phenoxy) is 1. The molecule has 19 heavy (non-hydrogen) atoms. The predicted octanol–water partition coefficient (Wildman–Crippen LogP) is 0.225. The number of sulfonamides is 1. The lowest BCUT2D eigenvalue weighted by molar-refractivity contribution is -0.122. The Bertz CT molecular complexity index is 622. The maximum Gasteiger partial charge on any atom is 0.258 e. The van der Waals surface area contributed by atoms with E-state index >= 15 is 0 Å². The number of hydrogen-bond acceptors (Lipinski definition) is 4. The Morgan fingerprint density at radius 1 is 1.53 bits per heavy atom. The molecule has 102 valence electrons. The molecule has 0 aromatic heterocycles. The van der Waals surface area contributed by atoms with Gasteiger partial charge in [0.05, 0.1) is 6.54 Å². The van der Waals surface area contributed by atoms with E-state index in [2.05, 4.69) is 27.2 Å². The Morgan fingerprint density at radius 3 is 2.79 bits per heavy atom. The van der Waals surface area contributed by atoms with Crippen LogP contribution >= 0.6 is 15.9 Å². The van der Waals surface area contributed by atoms with Crippen molar-refractivity contribution in [3.8, 4) is 18.1 Å².